The van der Waals surface area contributed by atoms with Crippen molar-refractivity contribution in [3.05, 3.63) is 23.8 Å². The number of benzene rings is 1. The highest BCUT2D eigenvalue weighted by Crippen LogP contribution is 2.32. The van der Waals surface area contributed by atoms with Crippen molar-refractivity contribution in [2.45, 2.75) is 27.2 Å². The van der Waals surface area contributed by atoms with E-state index in [4.69, 9.17) is 4.74 Å². The molecule has 3 heteroatoms. The van der Waals surface area contributed by atoms with Gasteiger partial charge in [0.1, 0.15) is 12.4 Å². The number of nitrogens with zero attached hydrogens (tertiary/aromatic N) is 1. The van der Waals surface area contributed by atoms with E-state index in [1.54, 1.807) is 0 Å². The maximum atomic E-state index is 12.2. The average Bonchev–Trinajstić information content (AvgIpc) is 2.27. The Hall–Kier alpha value is -1.51. The van der Waals surface area contributed by atoms with Crippen molar-refractivity contribution in [2.24, 2.45) is 5.92 Å². The standard InChI is InChI=1S/C14H19NO2/c1-10(2)8-14(16)15-6-7-17-13-5-4-11(3)9-12(13)15/h4-5,9-10H,6-8H2,1-3H3. The van der Waals surface area contributed by atoms with E-state index in [2.05, 4.69) is 13.8 Å². The first kappa shape index (κ1) is 12.0. The van der Waals surface area contributed by atoms with E-state index >= 15 is 0 Å². The normalized spacial score (nSPS) is 14.5. The summed E-state index contributed by atoms with van der Waals surface area (Å²) in [5, 5.41) is 0. The Morgan fingerprint density at radius 1 is 1.47 bits per heavy atom. The van der Waals surface area contributed by atoms with Gasteiger partial charge in [-0.25, -0.2) is 0 Å². The van der Waals surface area contributed by atoms with Crippen LogP contribution in [0.15, 0.2) is 18.2 Å². The molecule has 2 rings (SSSR count). The van der Waals surface area contributed by atoms with Crippen molar-refractivity contribution in [3.63, 3.8) is 0 Å². The third-order valence-corrected chi connectivity index (χ3v) is 2.86. The number of anilines is 1. The van der Waals surface area contributed by atoms with Crippen LogP contribution in [-0.4, -0.2) is 19.1 Å². The lowest BCUT2D eigenvalue weighted by atomic mass is 10.1. The zero-order valence-electron chi connectivity index (χ0n) is 10.7. The van der Waals surface area contributed by atoms with Crippen LogP contribution in [0.25, 0.3) is 0 Å². The summed E-state index contributed by atoms with van der Waals surface area (Å²) in [5.74, 6) is 1.40. The number of hydrogen-bond acceptors (Lipinski definition) is 2. The zero-order valence-corrected chi connectivity index (χ0v) is 10.7. The fourth-order valence-electron chi connectivity index (χ4n) is 2.05. The molecule has 0 aromatic heterocycles. The van der Waals surface area contributed by atoms with Crippen LogP contribution in [0.1, 0.15) is 25.8 Å². The lowest BCUT2D eigenvalue weighted by Gasteiger charge is -2.30. The molecular formula is C14H19NO2. The number of ether oxygens (including phenoxy) is 1. The first-order chi connectivity index (χ1) is 8.08. The topological polar surface area (TPSA) is 29.5 Å². The van der Waals surface area contributed by atoms with Crippen LogP contribution in [0.5, 0.6) is 5.75 Å². The van der Waals surface area contributed by atoms with Gasteiger partial charge in [-0.2, -0.15) is 0 Å². The van der Waals surface area contributed by atoms with E-state index in [1.807, 2.05) is 30.0 Å². The summed E-state index contributed by atoms with van der Waals surface area (Å²) < 4.78 is 5.57. The molecule has 0 atom stereocenters. The van der Waals surface area contributed by atoms with Gasteiger partial charge in [0.05, 0.1) is 12.2 Å². The highest BCUT2D eigenvalue weighted by atomic mass is 16.5. The molecule has 1 aromatic rings. The number of fused-ring (bicyclic) bond motifs is 1. The van der Waals surface area contributed by atoms with Gasteiger partial charge in [-0.3, -0.25) is 4.79 Å². The third kappa shape index (κ3) is 2.60. The number of amides is 1. The molecule has 1 amide bonds. The number of carbonyl (C=O) groups is 1. The van der Waals surface area contributed by atoms with Crippen molar-refractivity contribution in [1.82, 2.24) is 0 Å². The van der Waals surface area contributed by atoms with Gasteiger partial charge in [0, 0.05) is 6.42 Å². The van der Waals surface area contributed by atoms with Crippen LogP contribution < -0.4 is 9.64 Å². The molecule has 1 heterocycles. The van der Waals surface area contributed by atoms with Gasteiger partial charge in [-0.1, -0.05) is 19.9 Å². The predicted octanol–water partition coefficient (Wildman–Crippen LogP) is 2.77. The molecule has 17 heavy (non-hydrogen) atoms. The van der Waals surface area contributed by atoms with Gasteiger partial charge in [0.25, 0.3) is 0 Å². The van der Waals surface area contributed by atoms with Gasteiger partial charge in [-0.05, 0) is 30.5 Å². The molecule has 0 saturated heterocycles. The molecule has 0 spiro atoms. The van der Waals surface area contributed by atoms with E-state index in [9.17, 15) is 4.79 Å². The Bertz CT molecular complexity index is 426. The van der Waals surface area contributed by atoms with Gasteiger partial charge in [0.15, 0.2) is 0 Å². The summed E-state index contributed by atoms with van der Waals surface area (Å²) in [5.41, 5.74) is 2.07. The van der Waals surface area contributed by atoms with E-state index in [0.29, 0.717) is 25.5 Å². The second kappa shape index (κ2) is 4.78. The van der Waals surface area contributed by atoms with Crippen LogP contribution in [0.3, 0.4) is 0 Å². The minimum atomic E-state index is 0.190. The molecule has 0 N–H and O–H groups in total. The van der Waals surface area contributed by atoms with Gasteiger partial charge in [-0.15, -0.1) is 0 Å². The van der Waals surface area contributed by atoms with E-state index in [-0.39, 0.29) is 5.91 Å². The molecule has 1 aromatic carbocycles. The minimum Gasteiger partial charge on any atom is -0.490 e. The Labute approximate surface area is 102 Å². The Morgan fingerprint density at radius 2 is 2.24 bits per heavy atom. The molecule has 1 aliphatic rings. The average molecular weight is 233 g/mol. The summed E-state index contributed by atoms with van der Waals surface area (Å²) in [6.45, 7) is 7.40. The number of hydrogen-bond donors (Lipinski definition) is 0. The summed E-state index contributed by atoms with van der Waals surface area (Å²) in [6, 6.07) is 5.97. The Kier molecular flexibility index (Phi) is 3.36. The maximum Gasteiger partial charge on any atom is 0.227 e. The maximum absolute atomic E-state index is 12.2. The lowest BCUT2D eigenvalue weighted by molar-refractivity contribution is -0.119. The van der Waals surface area contributed by atoms with Crippen molar-refractivity contribution >= 4 is 11.6 Å². The van der Waals surface area contributed by atoms with Gasteiger partial charge >= 0.3 is 0 Å². The molecule has 3 nitrogen and oxygen atoms in total. The number of aryl methyl sites for hydroxylation is 1. The van der Waals surface area contributed by atoms with Crippen molar-refractivity contribution < 1.29 is 9.53 Å². The first-order valence-corrected chi connectivity index (χ1v) is 6.11. The molecule has 0 radical (unpaired) electrons. The molecule has 92 valence electrons. The summed E-state index contributed by atoms with van der Waals surface area (Å²) >= 11 is 0. The van der Waals surface area contributed by atoms with Crippen LogP contribution in [0, 0.1) is 12.8 Å². The Morgan fingerprint density at radius 3 is 2.94 bits per heavy atom. The van der Waals surface area contributed by atoms with Crippen LogP contribution in [-0.2, 0) is 4.79 Å². The van der Waals surface area contributed by atoms with E-state index in [1.165, 1.54) is 0 Å². The second-order valence-corrected chi connectivity index (χ2v) is 4.96. The zero-order chi connectivity index (χ0) is 12.4. The second-order valence-electron chi connectivity index (χ2n) is 4.96. The molecule has 0 saturated carbocycles. The molecular weight excluding hydrogens is 214 g/mol. The summed E-state index contributed by atoms with van der Waals surface area (Å²) in [4.78, 5) is 14.0. The molecule has 0 unspecified atom stereocenters. The molecule has 0 bridgehead atoms. The minimum absolute atomic E-state index is 0.190. The fourth-order valence-corrected chi connectivity index (χ4v) is 2.05. The summed E-state index contributed by atoms with van der Waals surface area (Å²) in [7, 11) is 0. The summed E-state index contributed by atoms with van der Waals surface area (Å²) in [6.07, 6.45) is 0.591. The molecule has 0 fully saturated rings. The van der Waals surface area contributed by atoms with Crippen LogP contribution >= 0.6 is 0 Å². The van der Waals surface area contributed by atoms with Gasteiger partial charge in [0.2, 0.25) is 5.91 Å². The largest absolute Gasteiger partial charge is 0.490 e. The smallest absolute Gasteiger partial charge is 0.227 e. The van der Waals surface area contributed by atoms with Crippen molar-refractivity contribution in [3.8, 4) is 5.75 Å². The van der Waals surface area contributed by atoms with E-state index < -0.39 is 0 Å². The predicted molar refractivity (Wildman–Crippen MR) is 68.5 cm³/mol. The lowest BCUT2D eigenvalue weighted by Crippen LogP contribution is -2.38. The third-order valence-electron chi connectivity index (χ3n) is 2.86. The van der Waals surface area contributed by atoms with Gasteiger partial charge < -0.3 is 9.64 Å². The molecule has 1 aliphatic heterocycles. The fraction of sp³-hybridized carbons (Fsp3) is 0.500. The van der Waals surface area contributed by atoms with Crippen molar-refractivity contribution in [2.75, 3.05) is 18.1 Å². The van der Waals surface area contributed by atoms with Crippen LogP contribution in [0.2, 0.25) is 0 Å². The monoisotopic (exact) mass is 233 g/mol. The Balaban J connectivity index is 2.27. The number of carbonyl (C=O) groups excluding carboxylic acids is 1. The first-order valence-electron chi connectivity index (χ1n) is 6.11. The van der Waals surface area contributed by atoms with E-state index in [0.717, 1.165) is 17.0 Å². The van der Waals surface area contributed by atoms with Crippen molar-refractivity contribution in [1.29, 1.82) is 0 Å². The highest BCUT2D eigenvalue weighted by molar-refractivity contribution is 5.95. The number of rotatable bonds is 2. The highest BCUT2D eigenvalue weighted by Gasteiger charge is 2.23. The SMILES string of the molecule is Cc1ccc2c(c1)N(C(=O)CC(C)C)CCO2. The molecule has 0 aliphatic carbocycles. The van der Waals surface area contributed by atoms with Crippen LogP contribution in [0.4, 0.5) is 5.69 Å². The quantitative estimate of drug-likeness (QED) is 0.786.